The van der Waals surface area contributed by atoms with Gasteiger partial charge in [0, 0.05) is 5.92 Å². The average molecular weight is 280 g/mol. The Morgan fingerprint density at radius 2 is 1.79 bits per heavy atom. The molecule has 0 aromatic heterocycles. The van der Waals surface area contributed by atoms with Crippen LogP contribution in [0.4, 0.5) is 0 Å². The summed E-state index contributed by atoms with van der Waals surface area (Å²) in [6, 6.07) is 7.40. The van der Waals surface area contributed by atoms with Gasteiger partial charge in [-0.15, -0.1) is 0 Å². The lowest BCUT2D eigenvalue weighted by molar-refractivity contribution is -0.109. The molecule has 0 bridgehead atoms. The van der Waals surface area contributed by atoms with Crippen LogP contribution < -0.4 is 0 Å². The molecule has 0 N–H and O–H groups in total. The van der Waals surface area contributed by atoms with Crippen molar-refractivity contribution in [1.29, 1.82) is 0 Å². The van der Waals surface area contributed by atoms with Crippen molar-refractivity contribution in [2.75, 3.05) is 0 Å². The van der Waals surface area contributed by atoms with Gasteiger partial charge in [-0.05, 0) is 23.5 Å². The van der Waals surface area contributed by atoms with Crippen LogP contribution in [0.3, 0.4) is 0 Å². The molecular formula is C15H20O3S. The highest BCUT2D eigenvalue weighted by Gasteiger charge is 2.20. The topological polar surface area (TPSA) is 51.2 Å². The van der Waals surface area contributed by atoms with E-state index >= 15 is 0 Å². The number of thiol groups is 1. The Balaban J connectivity index is 2.03. The molecule has 0 radical (unpaired) electrons. The monoisotopic (exact) mass is 280 g/mol. The maximum atomic E-state index is 11.3. The zero-order valence-electron chi connectivity index (χ0n) is 11.0. The molecule has 1 atom stereocenters. The number of carbonyl (C=O) groups excluding carboxylic acids is 1. The average Bonchev–Trinajstić information content (AvgIpc) is 2.89. The second-order valence-electron chi connectivity index (χ2n) is 5.36. The summed E-state index contributed by atoms with van der Waals surface area (Å²) in [7, 11) is -2.39. The molecule has 3 nitrogen and oxygen atoms in total. The second-order valence-corrected chi connectivity index (χ2v) is 6.34. The van der Waals surface area contributed by atoms with E-state index in [1.807, 2.05) is 24.3 Å². The fraction of sp³-hybridized carbons (Fsp3) is 0.533. The van der Waals surface area contributed by atoms with Crippen molar-refractivity contribution in [2.24, 2.45) is 5.92 Å². The molecule has 0 aliphatic heterocycles. The third-order valence-corrected chi connectivity index (χ3v) is 4.57. The lowest BCUT2D eigenvalue weighted by atomic mass is 9.89. The van der Waals surface area contributed by atoms with Gasteiger partial charge in [0.15, 0.2) is 0 Å². The summed E-state index contributed by atoms with van der Waals surface area (Å²) >= 11 is 0. The lowest BCUT2D eigenvalue weighted by Gasteiger charge is -2.15. The zero-order chi connectivity index (χ0) is 13.7. The molecule has 1 saturated carbocycles. The van der Waals surface area contributed by atoms with Gasteiger partial charge in [0.25, 0.3) is 0 Å². The molecule has 1 unspecified atom stereocenters. The third kappa shape index (κ3) is 4.16. The van der Waals surface area contributed by atoms with E-state index in [4.69, 9.17) is 0 Å². The first-order valence-electron chi connectivity index (χ1n) is 6.85. The second kappa shape index (κ2) is 6.85. The molecule has 0 heterocycles. The Morgan fingerprint density at radius 1 is 1.16 bits per heavy atom. The van der Waals surface area contributed by atoms with E-state index in [0.717, 1.165) is 23.8 Å². The van der Waals surface area contributed by atoms with E-state index in [-0.39, 0.29) is 11.7 Å². The van der Waals surface area contributed by atoms with E-state index in [9.17, 15) is 13.2 Å². The number of rotatable bonds is 6. The summed E-state index contributed by atoms with van der Waals surface area (Å²) in [6.45, 7) is 0. The SMILES string of the molecule is O=CC(CC1CCCC1)c1ccc(C[SH](=O)=O)cc1. The normalized spacial score (nSPS) is 17.7. The fourth-order valence-corrected chi connectivity index (χ4v) is 3.40. The molecule has 1 aromatic rings. The number of aldehydes is 1. The summed E-state index contributed by atoms with van der Waals surface area (Å²) in [5.41, 5.74) is 1.79. The summed E-state index contributed by atoms with van der Waals surface area (Å²) < 4.78 is 21.3. The van der Waals surface area contributed by atoms with Crippen LogP contribution in [0.25, 0.3) is 0 Å². The summed E-state index contributed by atoms with van der Waals surface area (Å²) in [4.78, 5) is 11.3. The van der Waals surface area contributed by atoms with Gasteiger partial charge in [-0.2, -0.15) is 0 Å². The van der Waals surface area contributed by atoms with Gasteiger partial charge in [-0.25, -0.2) is 8.42 Å². The zero-order valence-corrected chi connectivity index (χ0v) is 11.9. The molecule has 19 heavy (non-hydrogen) atoms. The Bertz CT molecular complexity index is 477. The fourth-order valence-electron chi connectivity index (χ4n) is 2.89. The maximum Gasteiger partial charge on any atom is 0.144 e. The number of carbonyl (C=O) groups is 1. The van der Waals surface area contributed by atoms with Crippen LogP contribution in [0.15, 0.2) is 24.3 Å². The van der Waals surface area contributed by atoms with E-state index in [2.05, 4.69) is 0 Å². The van der Waals surface area contributed by atoms with Gasteiger partial charge >= 0.3 is 0 Å². The number of hydrogen-bond acceptors (Lipinski definition) is 3. The Kier molecular flexibility index (Phi) is 5.14. The molecular weight excluding hydrogens is 260 g/mol. The Morgan fingerprint density at radius 3 is 2.32 bits per heavy atom. The van der Waals surface area contributed by atoms with Crippen molar-refractivity contribution in [2.45, 2.75) is 43.8 Å². The van der Waals surface area contributed by atoms with Gasteiger partial charge in [0.2, 0.25) is 0 Å². The summed E-state index contributed by atoms with van der Waals surface area (Å²) in [5, 5.41) is 0. The van der Waals surface area contributed by atoms with E-state index in [1.165, 1.54) is 25.7 Å². The highest BCUT2D eigenvalue weighted by atomic mass is 32.2. The van der Waals surface area contributed by atoms with Crippen LogP contribution in [0.2, 0.25) is 0 Å². The first-order chi connectivity index (χ1) is 9.19. The molecule has 1 aliphatic carbocycles. The van der Waals surface area contributed by atoms with Gasteiger partial charge in [0.05, 0.1) is 5.75 Å². The highest BCUT2D eigenvalue weighted by Crippen LogP contribution is 2.33. The van der Waals surface area contributed by atoms with Gasteiger partial charge in [-0.1, -0.05) is 49.9 Å². The summed E-state index contributed by atoms with van der Waals surface area (Å²) in [6.07, 6.45) is 7.00. The van der Waals surface area contributed by atoms with Crippen molar-refractivity contribution in [1.82, 2.24) is 0 Å². The van der Waals surface area contributed by atoms with Crippen LogP contribution in [0, 0.1) is 5.92 Å². The summed E-state index contributed by atoms with van der Waals surface area (Å²) in [5.74, 6) is 0.702. The van der Waals surface area contributed by atoms with Crippen LogP contribution in [-0.2, 0) is 21.3 Å². The van der Waals surface area contributed by atoms with Gasteiger partial charge in [0.1, 0.15) is 17.0 Å². The minimum absolute atomic E-state index is 0.0434. The minimum atomic E-state index is -2.39. The molecule has 2 rings (SSSR count). The van der Waals surface area contributed by atoms with Crippen molar-refractivity contribution in [3.05, 3.63) is 35.4 Å². The molecule has 4 heteroatoms. The van der Waals surface area contributed by atoms with Crippen molar-refractivity contribution >= 4 is 17.0 Å². The standard InChI is InChI=1S/C15H20O3S/c16-10-15(9-12-3-1-2-4-12)14-7-5-13(6-8-14)11-19(17)18/h5-8,10,12,15,19H,1-4,9,11H2. The minimum Gasteiger partial charge on any atom is -0.303 e. The lowest BCUT2D eigenvalue weighted by Crippen LogP contribution is -2.06. The largest absolute Gasteiger partial charge is 0.303 e. The first-order valence-corrected chi connectivity index (χ1v) is 8.21. The highest BCUT2D eigenvalue weighted by molar-refractivity contribution is 7.71. The van der Waals surface area contributed by atoms with Crippen LogP contribution in [0.5, 0.6) is 0 Å². The molecule has 1 aromatic carbocycles. The molecule has 1 fully saturated rings. The molecule has 0 amide bonds. The predicted molar refractivity (Wildman–Crippen MR) is 75.8 cm³/mol. The smallest absolute Gasteiger partial charge is 0.144 e. The third-order valence-electron chi connectivity index (χ3n) is 3.95. The van der Waals surface area contributed by atoms with E-state index in [0.29, 0.717) is 5.92 Å². The van der Waals surface area contributed by atoms with Crippen LogP contribution >= 0.6 is 0 Å². The first kappa shape index (κ1) is 14.3. The number of hydrogen-bond donors (Lipinski definition) is 1. The Labute approximate surface area is 116 Å². The van der Waals surface area contributed by atoms with Gasteiger partial charge < -0.3 is 4.79 Å². The number of benzene rings is 1. The quantitative estimate of drug-likeness (QED) is 0.644. The van der Waals surface area contributed by atoms with E-state index in [1.54, 1.807) is 0 Å². The van der Waals surface area contributed by atoms with Crippen molar-refractivity contribution in [3.8, 4) is 0 Å². The molecule has 1 aliphatic rings. The van der Waals surface area contributed by atoms with Crippen LogP contribution in [-0.4, -0.2) is 14.7 Å². The Hall–Kier alpha value is -1.16. The van der Waals surface area contributed by atoms with E-state index < -0.39 is 10.7 Å². The van der Waals surface area contributed by atoms with Gasteiger partial charge in [-0.3, -0.25) is 0 Å². The van der Waals surface area contributed by atoms with Crippen LogP contribution in [0.1, 0.15) is 49.1 Å². The predicted octanol–water partition coefficient (Wildman–Crippen LogP) is 2.66. The van der Waals surface area contributed by atoms with Crippen molar-refractivity contribution < 1.29 is 13.2 Å². The maximum absolute atomic E-state index is 11.3. The molecule has 0 spiro atoms. The molecule has 0 saturated heterocycles. The van der Waals surface area contributed by atoms with Crippen molar-refractivity contribution in [3.63, 3.8) is 0 Å². The molecule has 104 valence electrons.